The Kier molecular flexibility index (Phi) is 7.32. The van der Waals surface area contributed by atoms with Crippen LogP contribution in [0.15, 0.2) is 42.6 Å². The van der Waals surface area contributed by atoms with Crippen LogP contribution < -0.4 is 15.4 Å². The zero-order valence-electron chi connectivity index (χ0n) is 13.4. The van der Waals surface area contributed by atoms with Crippen molar-refractivity contribution in [3.8, 4) is 5.75 Å². The van der Waals surface area contributed by atoms with Gasteiger partial charge in [-0.15, -0.1) is 0 Å². The highest BCUT2D eigenvalue weighted by atomic mass is 35.5. The molecule has 0 aliphatic rings. The number of amides is 2. The summed E-state index contributed by atoms with van der Waals surface area (Å²) in [6.45, 7) is 3.77. The molecule has 6 nitrogen and oxygen atoms in total. The number of pyridine rings is 1. The van der Waals surface area contributed by atoms with Gasteiger partial charge in [-0.3, -0.25) is 4.98 Å². The number of rotatable bonds is 8. The van der Waals surface area contributed by atoms with E-state index in [1.165, 1.54) is 0 Å². The predicted molar refractivity (Wildman–Crippen MR) is 93.5 cm³/mol. The summed E-state index contributed by atoms with van der Waals surface area (Å²) < 4.78 is 10.8. The zero-order chi connectivity index (χ0) is 17.2. The molecule has 0 fully saturated rings. The van der Waals surface area contributed by atoms with E-state index in [2.05, 4.69) is 15.6 Å². The Labute approximate surface area is 146 Å². The Hall–Kier alpha value is -2.31. The van der Waals surface area contributed by atoms with Crippen molar-refractivity contribution in [3.63, 3.8) is 0 Å². The first-order valence-corrected chi connectivity index (χ1v) is 8.01. The number of ether oxygens (including phenoxy) is 2. The molecule has 0 aliphatic carbocycles. The van der Waals surface area contributed by atoms with Crippen LogP contribution in [0.4, 0.5) is 10.5 Å². The van der Waals surface area contributed by atoms with Gasteiger partial charge in [-0.25, -0.2) is 4.79 Å². The Morgan fingerprint density at radius 1 is 1.29 bits per heavy atom. The number of aromatic nitrogens is 1. The zero-order valence-corrected chi connectivity index (χ0v) is 14.2. The van der Waals surface area contributed by atoms with E-state index in [-0.39, 0.29) is 6.03 Å². The van der Waals surface area contributed by atoms with Gasteiger partial charge in [0.15, 0.2) is 0 Å². The van der Waals surface area contributed by atoms with Crippen LogP contribution in [-0.2, 0) is 11.3 Å². The molecular formula is C17H20ClN3O3. The van der Waals surface area contributed by atoms with Gasteiger partial charge in [0, 0.05) is 25.0 Å². The Bertz CT molecular complexity index is 653. The molecule has 0 spiro atoms. The molecule has 0 atom stereocenters. The highest BCUT2D eigenvalue weighted by Crippen LogP contribution is 2.28. The van der Waals surface area contributed by atoms with Crippen molar-refractivity contribution in [2.75, 3.05) is 25.1 Å². The van der Waals surface area contributed by atoms with Crippen LogP contribution in [-0.4, -0.2) is 30.8 Å². The monoisotopic (exact) mass is 349 g/mol. The molecule has 0 aliphatic heterocycles. The number of hydrogen-bond acceptors (Lipinski definition) is 4. The topological polar surface area (TPSA) is 72.5 Å². The molecule has 1 heterocycles. The summed E-state index contributed by atoms with van der Waals surface area (Å²) in [5, 5.41) is 5.81. The lowest BCUT2D eigenvalue weighted by Gasteiger charge is -2.11. The number of halogens is 1. The Morgan fingerprint density at radius 2 is 2.17 bits per heavy atom. The van der Waals surface area contributed by atoms with Gasteiger partial charge < -0.3 is 20.1 Å². The highest BCUT2D eigenvalue weighted by molar-refractivity contribution is 6.32. The summed E-state index contributed by atoms with van der Waals surface area (Å²) in [5.41, 5.74) is 1.39. The molecule has 2 N–H and O–H groups in total. The van der Waals surface area contributed by atoms with Gasteiger partial charge in [-0.05, 0) is 37.3 Å². The van der Waals surface area contributed by atoms with Gasteiger partial charge in [-0.2, -0.15) is 0 Å². The molecule has 0 unspecified atom stereocenters. The minimum absolute atomic E-state index is 0.312. The Morgan fingerprint density at radius 3 is 2.88 bits per heavy atom. The van der Waals surface area contributed by atoms with E-state index < -0.39 is 0 Å². The fraction of sp³-hybridized carbons (Fsp3) is 0.294. The predicted octanol–water partition coefficient (Wildman–Crippen LogP) is 3.47. The normalized spacial score (nSPS) is 10.2. The number of anilines is 1. The number of nitrogens with one attached hydrogen (secondary N) is 2. The smallest absolute Gasteiger partial charge is 0.319 e. The summed E-state index contributed by atoms with van der Waals surface area (Å²) in [6.07, 6.45) is 1.71. The fourth-order valence-corrected chi connectivity index (χ4v) is 2.12. The van der Waals surface area contributed by atoms with Gasteiger partial charge in [0.05, 0.1) is 17.3 Å². The van der Waals surface area contributed by atoms with Crippen molar-refractivity contribution in [2.45, 2.75) is 13.5 Å². The third-order valence-corrected chi connectivity index (χ3v) is 3.32. The van der Waals surface area contributed by atoms with E-state index in [0.29, 0.717) is 42.8 Å². The van der Waals surface area contributed by atoms with Crippen molar-refractivity contribution in [2.24, 2.45) is 0 Å². The quantitative estimate of drug-likeness (QED) is 0.716. The van der Waals surface area contributed by atoms with Crippen LogP contribution in [0.5, 0.6) is 5.75 Å². The molecule has 0 bridgehead atoms. The maximum absolute atomic E-state index is 11.7. The largest absolute Gasteiger partial charge is 0.486 e. The van der Waals surface area contributed by atoms with Crippen LogP contribution in [0.2, 0.25) is 5.02 Å². The lowest BCUT2D eigenvalue weighted by atomic mass is 10.3. The summed E-state index contributed by atoms with van der Waals surface area (Å²) in [7, 11) is 0. The molecule has 1 aromatic heterocycles. The van der Waals surface area contributed by atoms with E-state index >= 15 is 0 Å². The van der Waals surface area contributed by atoms with Crippen LogP contribution in [0.1, 0.15) is 12.6 Å². The average molecular weight is 350 g/mol. The molecule has 2 rings (SSSR count). The molecule has 7 heteroatoms. The number of hydrogen-bond donors (Lipinski definition) is 2. The lowest BCUT2D eigenvalue weighted by Crippen LogP contribution is -2.31. The first kappa shape index (κ1) is 18.0. The summed E-state index contributed by atoms with van der Waals surface area (Å²) in [6, 6.07) is 10.4. The van der Waals surface area contributed by atoms with Crippen molar-refractivity contribution in [1.82, 2.24) is 10.3 Å². The second-order valence-corrected chi connectivity index (χ2v) is 5.24. The Balaban J connectivity index is 1.84. The second kappa shape index (κ2) is 9.75. The van der Waals surface area contributed by atoms with E-state index in [4.69, 9.17) is 21.1 Å². The standard InChI is InChI=1S/C17H20ClN3O3/c1-2-23-10-9-20-17(22)21-13-6-7-16(15(18)11-13)24-12-14-5-3-4-8-19-14/h3-8,11H,2,9-10,12H2,1H3,(H2,20,21,22). The van der Waals surface area contributed by atoms with Gasteiger partial charge >= 0.3 is 6.03 Å². The summed E-state index contributed by atoms with van der Waals surface area (Å²) in [4.78, 5) is 15.9. The second-order valence-electron chi connectivity index (χ2n) is 4.83. The first-order chi connectivity index (χ1) is 11.7. The van der Waals surface area contributed by atoms with Crippen molar-refractivity contribution >= 4 is 23.3 Å². The van der Waals surface area contributed by atoms with Gasteiger partial charge in [-0.1, -0.05) is 17.7 Å². The molecule has 0 saturated carbocycles. The third-order valence-electron chi connectivity index (χ3n) is 3.03. The molecular weight excluding hydrogens is 330 g/mol. The maximum atomic E-state index is 11.7. The fourth-order valence-electron chi connectivity index (χ4n) is 1.89. The average Bonchev–Trinajstić information content (AvgIpc) is 2.59. The number of carbonyl (C=O) groups is 1. The van der Waals surface area contributed by atoms with Crippen molar-refractivity contribution in [1.29, 1.82) is 0 Å². The maximum Gasteiger partial charge on any atom is 0.319 e. The number of carbonyl (C=O) groups excluding carboxylic acids is 1. The van der Waals surface area contributed by atoms with E-state index in [1.54, 1.807) is 24.4 Å². The highest BCUT2D eigenvalue weighted by Gasteiger charge is 2.06. The molecule has 1 aromatic carbocycles. The van der Waals surface area contributed by atoms with E-state index in [0.717, 1.165) is 5.69 Å². The number of nitrogens with zero attached hydrogens (tertiary/aromatic N) is 1. The van der Waals surface area contributed by atoms with Crippen molar-refractivity contribution in [3.05, 3.63) is 53.3 Å². The molecule has 0 saturated heterocycles. The number of urea groups is 1. The van der Waals surface area contributed by atoms with Crippen molar-refractivity contribution < 1.29 is 14.3 Å². The molecule has 0 radical (unpaired) electrons. The van der Waals surface area contributed by atoms with Crippen LogP contribution in [0, 0.1) is 0 Å². The van der Waals surface area contributed by atoms with Gasteiger partial charge in [0.1, 0.15) is 12.4 Å². The molecule has 2 aromatic rings. The molecule has 24 heavy (non-hydrogen) atoms. The third kappa shape index (κ3) is 6.06. The molecule has 2 amide bonds. The minimum atomic E-state index is -0.312. The van der Waals surface area contributed by atoms with Crippen LogP contribution in [0.25, 0.3) is 0 Å². The number of benzene rings is 1. The van der Waals surface area contributed by atoms with E-state index in [1.807, 2.05) is 25.1 Å². The van der Waals surface area contributed by atoms with Crippen LogP contribution in [0.3, 0.4) is 0 Å². The summed E-state index contributed by atoms with van der Waals surface area (Å²) >= 11 is 6.19. The minimum Gasteiger partial charge on any atom is -0.486 e. The van der Waals surface area contributed by atoms with Crippen LogP contribution >= 0.6 is 11.6 Å². The summed E-state index contributed by atoms with van der Waals surface area (Å²) in [5.74, 6) is 0.532. The first-order valence-electron chi connectivity index (χ1n) is 7.64. The molecule has 128 valence electrons. The lowest BCUT2D eigenvalue weighted by molar-refractivity contribution is 0.150. The van der Waals surface area contributed by atoms with E-state index in [9.17, 15) is 4.79 Å². The van der Waals surface area contributed by atoms with Gasteiger partial charge in [0.2, 0.25) is 0 Å². The SMILES string of the molecule is CCOCCNC(=O)Nc1ccc(OCc2ccccn2)c(Cl)c1. The van der Waals surface area contributed by atoms with Gasteiger partial charge in [0.25, 0.3) is 0 Å².